The molecule has 3 aromatic rings. The lowest BCUT2D eigenvalue weighted by Crippen LogP contribution is -2.39. The second-order valence-electron chi connectivity index (χ2n) is 8.56. The van der Waals surface area contributed by atoms with E-state index in [0.717, 1.165) is 30.0 Å². The Bertz CT molecular complexity index is 1260. The van der Waals surface area contributed by atoms with E-state index in [1.807, 2.05) is 0 Å². The van der Waals surface area contributed by atoms with Crippen LogP contribution in [0.25, 0.3) is 0 Å². The van der Waals surface area contributed by atoms with Gasteiger partial charge >= 0.3 is 0 Å². The van der Waals surface area contributed by atoms with Crippen molar-refractivity contribution in [2.45, 2.75) is 43.0 Å². The topological polar surface area (TPSA) is 95.6 Å². The van der Waals surface area contributed by atoms with Gasteiger partial charge in [-0.25, -0.2) is 8.42 Å². The van der Waals surface area contributed by atoms with E-state index in [1.54, 1.807) is 72.8 Å². The average molecular weight is 492 g/mol. The molecule has 0 heterocycles. The van der Waals surface area contributed by atoms with E-state index >= 15 is 0 Å². The lowest BCUT2D eigenvalue weighted by molar-refractivity contribution is -0.114. The molecule has 7 nitrogen and oxygen atoms in total. The Hall–Kier alpha value is -3.65. The smallest absolute Gasteiger partial charge is 0.264 e. The monoisotopic (exact) mass is 491 g/mol. The summed E-state index contributed by atoms with van der Waals surface area (Å²) < 4.78 is 27.9. The van der Waals surface area contributed by atoms with E-state index in [9.17, 15) is 18.0 Å². The second kappa shape index (κ2) is 11.2. The molecular formula is C27H29N3O4S. The molecule has 0 aromatic heterocycles. The third-order valence-electron chi connectivity index (χ3n) is 6.05. The quantitative estimate of drug-likeness (QED) is 0.482. The van der Waals surface area contributed by atoms with Gasteiger partial charge in [0.05, 0.1) is 21.8 Å². The first-order chi connectivity index (χ1) is 16.9. The van der Waals surface area contributed by atoms with Gasteiger partial charge < -0.3 is 10.6 Å². The standard InChI is InChI=1S/C27H29N3O4S/c31-26(29-25-19-11-10-18-24(25)27(32)28-21-12-4-1-5-13-21)20-30(22-14-6-2-7-15-22)35(33,34)23-16-8-3-9-17-23/h2-3,6-11,14-19,21H,1,4-5,12-13,20H2,(H,28,32)(H,29,31). The summed E-state index contributed by atoms with van der Waals surface area (Å²) in [5.74, 6) is -0.795. The number of benzene rings is 3. The van der Waals surface area contributed by atoms with Crippen LogP contribution in [-0.2, 0) is 14.8 Å². The van der Waals surface area contributed by atoms with Gasteiger partial charge in [0, 0.05) is 6.04 Å². The summed E-state index contributed by atoms with van der Waals surface area (Å²) in [7, 11) is -3.99. The highest BCUT2D eigenvalue weighted by atomic mass is 32.2. The van der Waals surface area contributed by atoms with Gasteiger partial charge in [0.2, 0.25) is 5.91 Å². The molecular weight excluding hydrogens is 462 g/mol. The number of carbonyl (C=O) groups is 2. The molecule has 1 saturated carbocycles. The van der Waals surface area contributed by atoms with Crippen molar-refractivity contribution >= 4 is 33.2 Å². The largest absolute Gasteiger partial charge is 0.349 e. The summed E-state index contributed by atoms with van der Waals surface area (Å²) in [6, 6.07) is 23.4. The second-order valence-corrected chi connectivity index (χ2v) is 10.4. The fraction of sp³-hybridized carbons (Fsp3) is 0.259. The first-order valence-electron chi connectivity index (χ1n) is 11.8. The highest BCUT2D eigenvalue weighted by molar-refractivity contribution is 7.92. The van der Waals surface area contributed by atoms with E-state index < -0.39 is 22.5 Å². The van der Waals surface area contributed by atoms with Crippen molar-refractivity contribution in [2.75, 3.05) is 16.2 Å². The molecule has 1 fully saturated rings. The summed E-state index contributed by atoms with van der Waals surface area (Å²) in [4.78, 5) is 26.1. The van der Waals surface area contributed by atoms with Crippen LogP contribution in [0.2, 0.25) is 0 Å². The molecule has 4 rings (SSSR count). The number of rotatable bonds is 8. The third-order valence-corrected chi connectivity index (χ3v) is 7.84. The Kier molecular flexibility index (Phi) is 7.82. The van der Waals surface area contributed by atoms with Crippen molar-refractivity contribution in [1.29, 1.82) is 0 Å². The van der Waals surface area contributed by atoms with Gasteiger partial charge in [-0.3, -0.25) is 13.9 Å². The number of hydrogen-bond donors (Lipinski definition) is 2. The number of nitrogens with one attached hydrogen (secondary N) is 2. The molecule has 182 valence electrons. The molecule has 0 atom stereocenters. The van der Waals surface area contributed by atoms with Crippen molar-refractivity contribution < 1.29 is 18.0 Å². The zero-order chi connectivity index (χ0) is 24.7. The Balaban J connectivity index is 1.54. The van der Waals surface area contributed by atoms with Crippen molar-refractivity contribution in [3.8, 4) is 0 Å². The molecule has 0 radical (unpaired) electrons. The highest BCUT2D eigenvalue weighted by Gasteiger charge is 2.27. The molecule has 2 N–H and O–H groups in total. The van der Waals surface area contributed by atoms with Gasteiger partial charge in [-0.2, -0.15) is 0 Å². The van der Waals surface area contributed by atoms with Gasteiger partial charge in [-0.15, -0.1) is 0 Å². The number of hydrogen-bond acceptors (Lipinski definition) is 4. The minimum Gasteiger partial charge on any atom is -0.349 e. The summed E-state index contributed by atoms with van der Waals surface area (Å²) >= 11 is 0. The van der Waals surface area contributed by atoms with Gasteiger partial charge in [-0.05, 0) is 49.2 Å². The Labute approximate surface area is 206 Å². The number of carbonyl (C=O) groups excluding carboxylic acids is 2. The van der Waals surface area contributed by atoms with Gasteiger partial charge in [0.25, 0.3) is 15.9 Å². The Morgan fingerprint density at radius 1 is 0.800 bits per heavy atom. The zero-order valence-corrected chi connectivity index (χ0v) is 20.2. The molecule has 0 saturated heterocycles. The molecule has 3 aromatic carbocycles. The maximum atomic E-state index is 13.4. The van der Waals surface area contributed by atoms with Crippen LogP contribution < -0.4 is 14.9 Å². The highest BCUT2D eigenvalue weighted by Crippen LogP contribution is 2.24. The summed E-state index contributed by atoms with van der Waals surface area (Å²) in [5, 5.41) is 5.81. The molecule has 0 unspecified atom stereocenters. The van der Waals surface area contributed by atoms with Crippen molar-refractivity contribution in [3.05, 3.63) is 90.5 Å². The van der Waals surface area contributed by atoms with Crippen LogP contribution in [0.4, 0.5) is 11.4 Å². The average Bonchev–Trinajstić information content (AvgIpc) is 2.89. The fourth-order valence-electron chi connectivity index (χ4n) is 4.25. The Morgan fingerprint density at radius 2 is 1.40 bits per heavy atom. The number of nitrogens with zero attached hydrogens (tertiary/aromatic N) is 1. The first-order valence-corrected chi connectivity index (χ1v) is 13.2. The predicted molar refractivity (Wildman–Crippen MR) is 137 cm³/mol. The lowest BCUT2D eigenvalue weighted by Gasteiger charge is -2.25. The van der Waals surface area contributed by atoms with Crippen molar-refractivity contribution in [1.82, 2.24) is 5.32 Å². The van der Waals surface area contributed by atoms with E-state index in [0.29, 0.717) is 16.9 Å². The lowest BCUT2D eigenvalue weighted by atomic mass is 9.95. The summed E-state index contributed by atoms with van der Waals surface area (Å²) in [6.07, 6.45) is 5.26. The van der Waals surface area contributed by atoms with Crippen LogP contribution in [-0.4, -0.2) is 32.8 Å². The minimum atomic E-state index is -3.99. The van der Waals surface area contributed by atoms with Crippen LogP contribution in [0, 0.1) is 0 Å². The summed E-state index contributed by atoms with van der Waals surface area (Å²) in [5.41, 5.74) is 1.06. The molecule has 35 heavy (non-hydrogen) atoms. The number of sulfonamides is 1. The third kappa shape index (κ3) is 6.08. The Morgan fingerprint density at radius 3 is 2.09 bits per heavy atom. The summed E-state index contributed by atoms with van der Waals surface area (Å²) in [6.45, 7) is -0.445. The molecule has 1 aliphatic rings. The number of amides is 2. The zero-order valence-electron chi connectivity index (χ0n) is 19.4. The molecule has 0 bridgehead atoms. The van der Waals surface area contributed by atoms with Gasteiger partial charge in [0.15, 0.2) is 0 Å². The van der Waals surface area contributed by atoms with Crippen LogP contribution in [0.3, 0.4) is 0 Å². The number of para-hydroxylation sites is 2. The fourth-order valence-corrected chi connectivity index (χ4v) is 5.69. The normalized spacial score (nSPS) is 14.2. The number of anilines is 2. The maximum Gasteiger partial charge on any atom is 0.264 e. The SMILES string of the molecule is O=C(CN(c1ccccc1)S(=O)(=O)c1ccccc1)Nc1ccccc1C(=O)NC1CCCCC1. The van der Waals surface area contributed by atoms with Crippen LogP contribution in [0.15, 0.2) is 89.8 Å². The molecule has 0 aliphatic heterocycles. The van der Waals surface area contributed by atoms with Crippen molar-refractivity contribution in [2.24, 2.45) is 0 Å². The van der Waals surface area contributed by atoms with Gasteiger partial charge in [-0.1, -0.05) is 67.8 Å². The molecule has 8 heteroatoms. The van der Waals surface area contributed by atoms with Gasteiger partial charge in [0.1, 0.15) is 6.54 Å². The van der Waals surface area contributed by atoms with E-state index in [4.69, 9.17) is 0 Å². The molecule has 0 spiro atoms. The molecule has 1 aliphatic carbocycles. The van der Waals surface area contributed by atoms with Crippen LogP contribution in [0.1, 0.15) is 42.5 Å². The maximum absolute atomic E-state index is 13.4. The van der Waals surface area contributed by atoms with E-state index in [-0.39, 0.29) is 16.8 Å². The van der Waals surface area contributed by atoms with Crippen molar-refractivity contribution in [3.63, 3.8) is 0 Å². The van der Waals surface area contributed by atoms with Crippen LogP contribution in [0.5, 0.6) is 0 Å². The predicted octanol–water partition coefficient (Wildman–Crippen LogP) is 4.58. The first kappa shape index (κ1) is 24.5. The van der Waals surface area contributed by atoms with Crippen LogP contribution >= 0.6 is 0 Å². The minimum absolute atomic E-state index is 0.0870. The van der Waals surface area contributed by atoms with E-state index in [1.165, 1.54) is 18.6 Å². The molecule has 2 amide bonds. The van der Waals surface area contributed by atoms with E-state index in [2.05, 4.69) is 10.6 Å².